The number of nitrogens with one attached hydrogen (secondary N) is 2. The second kappa shape index (κ2) is 11.1. The Morgan fingerprint density at radius 1 is 1.05 bits per heavy atom. The molecule has 3 aliphatic heterocycles. The zero-order valence-electron chi connectivity index (χ0n) is 24.1. The fraction of sp³-hybridized carbons (Fsp3) is 0.469. The molecule has 0 spiro atoms. The quantitative estimate of drug-likeness (QED) is 0.302. The third-order valence-electron chi connectivity index (χ3n) is 9.40. The first kappa shape index (κ1) is 26.9. The van der Waals surface area contributed by atoms with E-state index < -0.39 is 5.82 Å². The van der Waals surface area contributed by atoms with Gasteiger partial charge in [0.15, 0.2) is 17.4 Å². The Hall–Kier alpha value is -3.92. The van der Waals surface area contributed by atoms with Gasteiger partial charge in [-0.25, -0.2) is 14.2 Å². The van der Waals surface area contributed by atoms with Crippen LogP contribution in [-0.2, 0) is 19.4 Å². The van der Waals surface area contributed by atoms with E-state index >= 15 is 0 Å². The summed E-state index contributed by atoms with van der Waals surface area (Å²) in [6, 6.07) is 9.50. The van der Waals surface area contributed by atoms with Gasteiger partial charge in [-0.1, -0.05) is 19.4 Å². The predicted octanol–water partition coefficient (Wildman–Crippen LogP) is 5.46. The number of fused-ring (bicyclic) bond motifs is 2. The van der Waals surface area contributed by atoms with Gasteiger partial charge in [-0.05, 0) is 86.1 Å². The van der Waals surface area contributed by atoms with E-state index in [9.17, 15) is 14.3 Å². The first-order valence-corrected chi connectivity index (χ1v) is 15.3. The molecule has 2 saturated heterocycles. The molecular formula is C32H38FN7O2. The number of hydrogen-bond acceptors (Lipinski definition) is 5. The van der Waals surface area contributed by atoms with Crippen molar-refractivity contribution in [2.45, 2.75) is 64.5 Å². The van der Waals surface area contributed by atoms with Crippen LogP contribution in [0.2, 0.25) is 0 Å². The number of urea groups is 1. The minimum Gasteiger partial charge on any atom is -0.505 e. The van der Waals surface area contributed by atoms with Gasteiger partial charge in [-0.15, -0.1) is 0 Å². The fourth-order valence-corrected chi connectivity index (χ4v) is 7.01. The van der Waals surface area contributed by atoms with Crippen molar-refractivity contribution in [3.05, 3.63) is 53.1 Å². The number of carbonyl (C=O) groups is 1. The highest BCUT2D eigenvalue weighted by atomic mass is 19.1. The number of aromatic hydroxyl groups is 1. The minimum absolute atomic E-state index is 0.128. The molecule has 4 aromatic rings. The molecule has 2 aromatic carbocycles. The van der Waals surface area contributed by atoms with Crippen molar-refractivity contribution in [3.8, 4) is 28.4 Å². The molecule has 0 radical (unpaired) electrons. The Morgan fingerprint density at radius 2 is 1.86 bits per heavy atom. The molecule has 42 heavy (non-hydrogen) atoms. The molecule has 2 fully saturated rings. The highest BCUT2D eigenvalue weighted by molar-refractivity contribution is 5.94. The number of benzene rings is 2. The Kier molecular flexibility index (Phi) is 7.09. The standard InChI is InChI=1S/C32H38FN7O2/c1-2-20-17-29(41)25(33)18-24(20)21-6-7-23-27(16-21)36-37-30(23)31-34-26-10-15-40(19-28(26)35-31)32(42)39-13-8-22(9-14-39)38-11-4-3-5-12-38/h6-7,16-18,22,41H,2-5,8-15,19H2,1H3,(H,34,35)(H,36,37). The van der Waals surface area contributed by atoms with Crippen molar-refractivity contribution in [2.24, 2.45) is 0 Å². The molecule has 10 heteroatoms. The van der Waals surface area contributed by atoms with Crippen molar-refractivity contribution in [1.82, 2.24) is 34.9 Å². The molecule has 0 saturated carbocycles. The summed E-state index contributed by atoms with van der Waals surface area (Å²) >= 11 is 0. The number of aromatic amines is 2. The third-order valence-corrected chi connectivity index (χ3v) is 9.40. The van der Waals surface area contributed by atoms with Crippen LogP contribution in [-0.4, -0.2) is 84.8 Å². The van der Waals surface area contributed by atoms with Crippen LogP contribution in [0.25, 0.3) is 33.5 Å². The lowest BCUT2D eigenvalue weighted by Crippen LogP contribution is -2.52. The Morgan fingerprint density at radius 3 is 2.64 bits per heavy atom. The maximum atomic E-state index is 14.2. The minimum atomic E-state index is -0.636. The van der Waals surface area contributed by atoms with Crippen molar-refractivity contribution in [3.63, 3.8) is 0 Å². The number of phenolic OH excluding ortho intramolecular Hbond substituents is 1. The fourth-order valence-electron chi connectivity index (χ4n) is 7.01. The van der Waals surface area contributed by atoms with Gasteiger partial charge < -0.3 is 24.8 Å². The number of amides is 2. The van der Waals surface area contributed by atoms with Crippen LogP contribution in [0.5, 0.6) is 5.75 Å². The predicted molar refractivity (Wildman–Crippen MR) is 160 cm³/mol. The second-order valence-corrected chi connectivity index (χ2v) is 11.9. The molecule has 0 bridgehead atoms. The number of imidazole rings is 1. The summed E-state index contributed by atoms with van der Waals surface area (Å²) in [5.74, 6) is -0.288. The second-order valence-electron chi connectivity index (χ2n) is 11.9. The van der Waals surface area contributed by atoms with Crippen molar-refractivity contribution >= 4 is 16.9 Å². The molecule has 0 atom stereocenters. The van der Waals surface area contributed by atoms with E-state index in [1.165, 1.54) is 44.5 Å². The van der Waals surface area contributed by atoms with Gasteiger partial charge >= 0.3 is 6.03 Å². The van der Waals surface area contributed by atoms with Gasteiger partial charge in [-0.2, -0.15) is 5.10 Å². The number of piperidine rings is 2. The number of hydrogen-bond donors (Lipinski definition) is 3. The van der Waals surface area contributed by atoms with Gasteiger partial charge in [0.2, 0.25) is 0 Å². The first-order chi connectivity index (χ1) is 20.5. The Labute approximate surface area is 244 Å². The lowest BCUT2D eigenvalue weighted by Gasteiger charge is -2.41. The van der Waals surface area contributed by atoms with E-state index in [4.69, 9.17) is 4.98 Å². The summed E-state index contributed by atoms with van der Waals surface area (Å²) in [5, 5.41) is 18.4. The van der Waals surface area contributed by atoms with E-state index in [1.807, 2.05) is 34.9 Å². The van der Waals surface area contributed by atoms with Crippen LogP contribution in [0.4, 0.5) is 9.18 Å². The molecule has 0 aliphatic carbocycles. The van der Waals surface area contributed by atoms with Crippen molar-refractivity contribution in [2.75, 3.05) is 32.7 Å². The van der Waals surface area contributed by atoms with E-state index in [1.54, 1.807) is 0 Å². The van der Waals surface area contributed by atoms with Crippen LogP contribution < -0.4 is 0 Å². The molecule has 5 heterocycles. The summed E-state index contributed by atoms with van der Waals surface area (Å²) in [4.78, 5) is 28.4. The molecule has 9 nitrogen and oxygen atoms in total. The lowest BCUT2D eigenvalue weighted by atomic mass is 9.96. The molecule has 7 rings (SSSR count). The van der Waals surface area contributed by atoms with E-state index in [0.29, 0.717) is 37.8 Å². The third kappa shape index (κ3) is 4.91. The number of nitrogens with zero attached hydrogens (tertiary/aromatic N) is 5. The number of H-pyrrole nitrogens is 2. The number of likely N-dealkylation sites (tertiary alicyclic amines) is 2. The number of rotatable bonds is 4. The number of aromatic nitrogens is 4. The highest BCUT2D eigenvalue weighted by Gasteiger charge is 2.32. The van der Waals surface area contributed by atoms with Gasteiger partial charge in [-0.3, -0.25) is 5.10 Å². The van der Waals surface area contributed by atoms with Crippen LogP contribution in [0.1, 0.15) is 56.0 Å². The highest BCUT2D eigenvalue weighted by Crippen LogP contribution is 2.34. The van der Waals surface area contributed by atoms with Crippen LogP contribution in [0.3, 0.4) is 0 Å². The number of aryl methyl sites for hydroxylation is 1. The van der Waals surface area contributed by atoms with Crippen molar-refractivity contribution in [1.29, 1.82) is 0 Å². The molecule has 220 valence electrons. The average molecular weight is 572 g/mol. The van der Waals surface area contributed by atoms with Gasteiger partial charge in [0.05, 0.1) is 23.4 Å². The maximum Gasteiger partial charge on any atom is 0.320 e. The molecule has 2 aromatic heterocycles. The molecule has 3 aliphatic rings. The molecule has 3 N–H and O–H groups in total. The summed E-state index contributed by atoms with van der Waals surface area (Å²) in [7, 11) is 0. The normalized spacial score (nSPS) is 18.5. The van der Waals surface area contributed by atoms with Crippen LogP contribution in [0.15, 0.2) is 30.3 Å². The van der Waals surface area contributed by atoms with Crippen LogP contribution in [0, 0.1) is 5.82 Å². The first-order valence-electron chi connectivity index (χ1n) is 15.3. The van der Waals surface area contributed by atoms with Crippen molar-refractivity contribution < 1.29 is 14.3 Å². The zero-order chi connectivity index (χ0) is 28.8. The smallest absolute Gasteiger partial charge is 0.320 e. The summed E-state index contributed by atoms with van der Waals surface area (Å²) in [5.41, 5.74) is 5.96. The summed E-state index contributed by atoms with van der Waals surface area (Å²) in [6.07, 6.45) is 7.46. The van der Waals surface area contributed by atoms with Gasteiger partial charge in [0, 0.05) is 37.5 Å². The number of carbonyl (C=O) groups excluding carboxylic acids is 1. The van der Waals surface area contributed by atoms with Gasteiger partial charge in [0.1, 0.15) is 5.69 Å². The largest absolute Gasteiger partial charge is 0.505 e. The van der Waals surface area contributed by atoms with Gasteiger partial charge in [0.25, 0.3) is 0 Å². The number of phenols is 1. The maximum absolute atomic E-state index is 14.2. The zero-order valence-corrected chi connectivity index (χ0v) is 24.1. The lowest BCUT2D eigenvalue weighted by molar-refractivity contribution is 0.0873. The number of halogens is 1. The molecule has 2 amide bonds. The van der Waals surface area contributed by atoms with Crippen LogP contribution >= 0.6 is 0 Å². The summed E-state index contributed by atoms with van der Waals surface area (Å²) < 4.78 is 14.2. The summed E-state index contributed by atoms with van der Waals surface area (Å²) in [6.45, 7) is 7.24. The monoisotopic (exact) mass is 571 g/mol. The Balaban J connectivity index is 1.05. The Bertz CT molecular complexity index is 1610. The average Bonchev–Trinajstić information content (AvgIpc) is 3.65. The van der Waals surface area contributed by atoms with E-state index in [0.717, 1.165) is 70.6 Å². The molecule has 0 unspecified atom stereocenters. The molecular weight excluding hydrogens is 533 g/mol. The topological polar surface area (TPSA) is 104 Å². The van der Waals surface area contributed by atoms with E-state index in [-0.39, 0.29) is 11.8 Å². The SMILES string of the molecule is CCc1cc(O)c(F)cc1-c1ccc2c(-c3nc4c([nH]3)CN(C(=O)N3CCC(N5CCCCC5)CC3)CC4)n[nH]c2c1. The van der Waals surface area contributed by atoms with E-state index in [2.05, 4.69) is 20.1 Å².